The van der Waals surface area contributed by atoms with E-state index in [2.05, 4.69) is 130 Å². The van der Waals surface area contributed by atoms with Crippen molar-refractivity contribution in [3.63, 3.8) is 0 Å². The summed E-state index contributed by atoms with van der Waals surface area (Å²) in [7, 11) is 0. The smallest absolute Gasteiger partial charge is 0.306 e. The van der Waals surface area contributed by atoms with Crippen molar-refractivity contribution in [3.8, 4) is 0 Å². The summed E-state index contributed by atoms with van der Waals surface area (Å²) in [6.07, 6.45) is 83.6. The third-order valence-corrected chi connectivity index (χ3v) is 13.0. The Morgan fingerprint density at radius 3 is 0.865 bits per heavy atom. The molecule has 0 radical (unpaired) electrons. The fourth-order valence-electron chi connectivity index (χ4n) is 8.34. The number of unbranched alkanes of at least 4 members (excludes halogenated alkanes) is 26. The third kappa shape index (κ3) is 59.0. The topological polar surface area (TPSA) is 78.9 Å². The number of ether oxygens (including phenoxy) is 3. The maximum atomic E-state index is 12.9. The monoisotopic (exact) mass is 1030 g/mol. The van der Waals surface area contributed by atoms with Crippen LogP contribution in [0.2, 0.25) is 0 Å². The summed E-state index contributed by atoms with van der Waals surface area (Å²) in [6.45, 7) is 6.46. The minimum atomic E-state index is -0.798. The van der Waals surface area contributed by atoms with Crippen molar-refractivity contribution in [1.82, 2.24) is 0 Å². The molecule has 0 aliphatic rings. The van der Waals surface area contributed by atoms with Gasteiger partial charge in [-0.05, 0) is 122 Å². The normalized spacial score (nSPS) is 12.9. The maximum Gasteiger partial charge on any atom is 0.306 e. The summed E-state index contributed by atoms with van der Waals surface area (Å²) in [5.74, 6) is -0.926. The van der Waals surface area contributed by atoms with Crippen LogP contribution >= 0.6 is 0 Å². The number of carbonyl (C=O) groups is 3. The summed E-state index contributed by atoms with van der Waals surface area (Å²) in [4.78, 5) is 38.3. The molecule has 0 fully saturated rings. The van der Waals surface area contributed by atoms with Crippen LogP contribution in [0.3, 0.4) is 0 Å². The van der Waals surface area contributed by atoms with Crippen LogP contribution in [0.15, 0.2) is 109 Å². The zero-order valence-electron chi connectivity index (χ0n) is 48.3. The first-order chi connectivity index (χ1) is 36.5. The lowest BCUT2D eigenvalue weighted by Crippen LogP contribution is -2.30. The van der Waals surface area contributed by atoms with Crippen LogP contribution in [0.1, 0.15) is 284 Å². The molecule has 0 spiro atoms. The number of carbonyl (C=O) groups excluding carboxylic acids is 3. The Balaban J connectivity index is 4.43. The van der Waals surface area contributed by atoms with Gasteiger partial charge in [0, 0.05) is 19.3 Å². The molecule has 0 heterocycles. The lowest BCUT2D eigenvalue weighted by atomic mass is 10.1. The lowest BCUT2D eigenvalue weighted by Gasteiger charge is -2.18. The molecule has 0 saturated carbocycles. The molecule has 0 aliphatic carbocycles. The molecule has 422 valence electrons. The second kappa shape index (κ2) is 61.6. The highest BCUT2D eigenvalue weighted by molar-refractivity contribution is 5.71. The first kappa shape index (κ1) is 70.1. The van der Waals surface area contributed by atoms with Crippen molar-refractivity contribution >= 4 is 17.9 Å². The predicted octanol–water partition coefficient (Wildman–Crippen LogP) is 21.0. The van der Waals surface area contributed by atoms with Gasteiger partial charge in [0.1, 0.15) is 13.2 Å². The number of hydrogen-bond donors (Lipinski definition) is 0. The van der Waals surface area contributed by atoms with E-state index in [4.69, 9.17) is 14.2 Å². The van der Waals surface area contributed by atoms with E-state index in [0.717, 1.165) is 141 Å². The Morgan fingerprint density at radius 2 is 0.541 bits per heavy atom. The standard InChI is InChI=1S/C68H114O6/c1-4-7-10-13-16-19-22-25-28-30-32-34-36-38-40-43-46-49-52-55-58-61-67(70)73-64-65(63-72-66(69)60-57-54-51-48-45-42-27-24-21-18-15-12-9-6-3)74-68(71)62-59-56-53-50-47-44-41-39-37-35-33-31-29-26-23-20-17-14-11-8-5-2/h7,10,15-16,18-19,23-28,31-34,38,40,65H,4-6,8-9,11-14,17,20-22,29-30,35-37,39,41-64H2,1-3H3/b10-7-,18-15-,19-16-,26-23-,27-24-,28-25-,33-31-,34-32-,40-38-. The van der Waals surface area contributed by atoms with E-state index in [1.807, 2.05) is 0 Å². The molecule has 0 aromatic rings. The van der Waals surface area contributed by atoms with Gasteiger partial charge in [-0.1, -0.05) is 252 Å². The summed E-state index contributed by atoms with van der Waals surface area (Å²) >= 11 is 0. The van der Waals surface area contributed by atoms with Gasteiger partial charge in [-0.3, -0.25) is 14.4 Å². The average molecular weight is 1030 g/mol. The SMILES string of the molecule is CC/C=C\C/C=C\C/C=C\C/C=C\C/C=C\CCCCCCCC(=O)OCC(COC(=O)CCCCCCC/C=C\C/C=C\CCCC)OC(=O)CCCCCCCCCCC/C=C\C/C=C\CCCCCCC. The molecular formula is C68H114O6. The minimum absolute atomic E-state index is 0.0944. The zero-order chi connectivity index (χ0) is 53.6. The lowest BCUT2D eigenvalue weighted by molar-refractivity contribution is -0.167. The highest BCUT2D eigenvalue weighted by Crippen LogP contribution is 2.15. The number of rotatable bonds is 55. The van der Waals surface area contributed by atoms with Crippen molar-refractivity contribution in [2.45, 2.75) is 290 Å². The largest absolute Gasteiger partial charge is 0.462 e. The van der Waals surface area contributed by atoms with Gasteiger partial charge in [-0.25, -0.2) is 0 Å². The molecule has 0 aromatic heterocycles. The van der Waals surface area contributed by atoms with Gasteiger partial charge in [0.25, 0.3) is 0 Å². The van der Waals surface area contributed by atoms with Crippen LogP contribution in [0.25, 0.3) is 0 Å². The van der Waals surface area contributed by atoms with Crippen LogP contribution in [0, 0.1) is 0 Å². The van der Waals surface area contributed by atoms with Crippen molar-refractivity contribution < 1.29 is 28.6 Å². The molecule has 0 aliphatic heterocycles. The van der Waals surface area contributed by atoms with Crippen LogP contribution < -0.4 is 0 Å². The Hall–Kier alpha value is -3.93. The predicted molar refractivity (Wildman–Crippen MR) is 320 cm³/mol. The molecule has 74 heavy (non-hydrogen) atoms. The second-order valence-corrected chi connectivity index (χ2v) is 20.2. The summed E-state index contributed by atoms with van der Waals surface area (Å²) in [6, 6.07) is 0. The highest BCUT2D eigenvalue weighted by atomic mass is 16.6. The van der Waals surface area contributed by atoms with Crippen molar-refractivity contribution in [2.75, 3.05) is 13.2 Å². The number of esters is 3. The van der Waals surface area contributed by atoms with Gasteiger partial charge in [0.15, 0.2) is 6.10 Å². The molecule has 0 bridgehead atoms. The van der Waals surface area contributed by atoms with Crippen LogP contribution in [0.4, 0.5) is 0 Å². The van der Waals surface area contributed by atoms with E-state index in [0.29, 0.717) is 19.3 Å². The van der Waals surface area contributed by atoms with Crippen molar-refractivity contribution in [2.24, 2.45) is 0 Å². The molecule has 0 rings (SSSR count). The Labute approximate surface area is 457 Å². The molecule has 1 unspecified atom stereocenters. The number of hydrogen-bond acceptors (Lipinski definition) is 6. The third-order valence-electron chi connectivity index (χ3n) is 13.0. The van der Waals surface area contributed by atoms with Gasteiger partial charge in [-0.2, -0.15) is 0 Å². The van der Waals surface area contributed by atoms with Crippen LogP contribution in [0.5, 0.6) is 0 Å². The fourth-order valence-corrected chi connectivity index (χ4v) is 8.34. The van der Waals surface area contributed by atoms with E-state index in [-0.39, 0.29) is 31.1 Å². The molecule has 0 amide bonds. The van der Waals surface area contributed by atoms with Gasteiger partial charge in [-0.15, -0.1) is 0 Å². The Bertz CT molecular complexity index is 1510. The first-order valence-corrected chi connectivity index (χ1v) is 30.9. The van der Waals surface area contributed by atoms with Gasteiger partial charge >= 0.3 is 17.9 Å². The maximum absolute atomic E-state index is 12.9. The highest BCUT2D eigenvalue weighted by Gasteiger charge is 2.19. The Morgan fingerprint density at radius 1 is 0.284 bits per heavy atom. The number of allylic oxidation sites excluding steroid dienone is 18. The van der Waals surface area contributed by atoms with E-state index in [1.54, 1.807) is 0 Å². The second-order valence-electron chi connectivity index (χ2n) is 20.2. The summed E-state index contributed by atoms with van der Waals surface area (Å²) in [5.41, 5.74) is 0. The minimum Gasteiger partial charge on any atom is -0.462 e. The molecular weight excluding hydrogens is 913 g/mol. The van der Waals surface area contributed by atoms with E-state index >= 15 is 0 Å². The molecule has 0 saturated heterocycles. The first-order valence-electron chi connectivity index (χ1n) is 30.9. The molecule has 6 nitrogen and oxygen atoms in total. The molecule has 0 aromatic carbocycles. The average Bonchev–Trinajstić information content (AvgIpc) is 3.40. The molecule has 0 N–H and O–H groups in total. The molecule has 1 atom stereocenters. The van der Waals surface area contributed by atoms with Gasteiger partial charge in [0.2, 0.25) is 0 Å². The quantitative estimate of drug-likeness (QED) is 0.0261. The van der Waals surface area contributed by atoms with Crippen molar-refractivity contribution in [3.05, 3.63) is 109 Å². The Kier molecular flexibility index (Phi) is 58.3. The van der Waals surface area contributed by atoms with E-state index < -0.39 is 6.10 Å². The van der Waals surface area contributed by atoms with E-state index in [1.165, 1.54) is 103 Å². The van der Waals surface area contributed by atoms with Crippen LogP contribution in [-0.4, -0.2) is 37.2 Å². The molecule has 6 heteroatoms. The summed E-state index contributed by atoms with van der Waals surface area (Å²) in [5, 5.41) is 0. The van der Waals surface area contributed by atoms with Crippen LogP contribution in [-0.2, 0) is 28.6 Å². The van der Waals surface area contributed by atoms with Gasteiger partial charge in [0.05, 0.1) is 0 Å². The van der Waals surface area contributed by atoms with E-state index in [9.17, 15) is 14.4 Å². The van der Waals surface area contributed by atoms with Gasteiger partial charge < -0.3 is 14.2 Å². The summed E-state index contributed by atoms with van der Waals surface area (Å²) < 4.78 is 16.9. The zero-order valence-corrected chi connectivity index (χ0v) is 48.3. The fraction of sp³-hybridized carbons (Fsp3) is 0.691. The van der Waals surface area contributed by atoms with Crippen molar-refractivity contribution in [1.29, 1.82) is 0 Å².